The van der Waals surface area contributed by atoms with E-state index in [-0.39, 0.29) is 21.6 Å². The fraction of sp³-hybridized carbons (Fsp3) is 0.300. The number of rotatable bonds is 3. The lowest BCUT2D eigenvalue weighted by atomic mass is 9.95. The smallest absolute Gasteiger partial charge is 0.285 e. The molecule has 1 N–H and O–H groups in total. The Morgan fingerprint density at radius 2 is 1.70 bits per heavy atom. The minimum Gasteiger partial charge on any atom is -0.355 e. The number of carbonyl (C=O) groups excluding carboxylic acids is 1. The van der Waals surface area contributed by atoms with E-state index in [9.17, 15) is 21.6 Å². The van der Waals surface area contributed by atoms with Crippen molar-refractivity contribution in [2.45, 2.75) is 22.6 Å². The van der Waals surface area contributed by atoms with Gasteiger partial charge in [-0.2, -0.15) is 8.42 Å². The Balaban J connectivity index is 1.40. The normalized spacial score (nSPS) is 18.6. The van der Waals surface area contributed by atoms with Crippen LogP contribution < -0.4 is 5.32 Å². The van der Waals surface area contributed by atoms with Crippen LogP contribution in [0.2, 0.25) is 0 Å². The van der Waals surface area contributed by atoms with Gasteiger partial charge in [0.05, 0.1) is 4.90 Å². The number of hydrogen-bond donors (Lipinski definition) is 1. The van der Waals surface area contributed by atoms with Gasteiger partial charge in [-0.25, -0.2) is 8.42 Å². The molecule has 1 amide bonds. The van der Waals surface area contributed by atoms with Crippen LogP contribution in [0.15, 0.2) is 62.7 Å². The third-order valence-electron chi connectivity index (χ3n) is 5.33. The van der Waals surface area contributed by atoms with Gasteiger partial charge in [0, 0.05) is 36.5 Å². The van der Waals surface area contributed by atoms with Gasteiger partial charge in [-0.3, -0.25) is 4.79 Å². The highest BCUT2D eigenvalue weighted by Crippen LogP contribution is 2.30. The molecule has 8 nitrogen and oxygen atoms in total. The molecule has 0 unspecified atom stereocenters. The van der Waals surface area contributed by atoms with E-state index in [0.717, 1.165) is 6.26 Å². The van der Waals surface area contributed by atoms with Crippen molar-refractivity contribution in [3.63, 3.8) is 0 Å². The van der Waals surface area contributed by atoms with Crippen molar-refractivity contribution in [2.75, 3.05) is 24.7 Å². The summed E-state index contributed by atoms with van der Waals surface area (Å²) >= 11 is 0. The summed E-state index contributed by atoms with van der Waals surface area (Å²) in [5, 5.41) is 2.82. The van der Waals surface area contributed by atoms with Crippen LogP contribution in [0.1, 0.15) is 18.4 Å². The summed E-state index contributed by atoms with van der Waals surface area (Å²) in [5.74, 6) is 0.0913. The Bertz CT molecular complexity index is 1230. The molecule has 2 aliphatic heterocycles. The maximum atomic E-state index is 12.6. The summed E-state index contributed by atoms with van der Waals surface area (Å²) in [6, 6.07) is 12.8. The van der Waals surface area contributed by atoms with Crippen LogP contribution in [0.3, 0.4) is 0 Å². The maximum Gasteiger partial charge on any atom is 0.285 e. The molecule has 0 radical (unpaired) electrons. The minimum atomic E-state index is -3.66. The van der Waals surface area contributed by atoms with Gasteiger partial charge in [0.2, 0.25) is 5.91 Å². The highest BCUT2D eigenvalue weighted by molar-refractivity contribution is 7.91. The summed E-state index contributed by atoms with van der Waals surface area (Å²) < 4.78 is 51.5. The Kier molecular flexibility index (Phi) is 5.15. The molecule has 2 heterocycles. The second-order valence-electron chi connectivity index (χ2n) is 7.43. The van der Waals surface area contributed by atoms with Gasteiger partial charge in [-0.1, -0.05) is 12.1 Å². The van der Waals surface area contributed by atoms with E-state index in [1.165, 1.54) is 12.1 Å². The zero-order chi connectivity index (χ0) is 21.5. The first-order valence-corrected chi connectivity index (χ1v) is 12.8. The largest absolute Gasteiger partial charge is 0.355 e. The SMILES string of the molecule is CS(=O)(=O)c1ccc(NC(=O)C2CCN(C3=NS(=O)(=O)c4ccccc43)CC2)cc1. The molecule has 0 spiro atoms. The molecule has 2 aromatic rings. The summed E-state index contributed by atoms with van der Waals surface area (Å²) in [7, 11) is -6.95. The minimum absolute atomic E-state index is 0.136. The van der Waals surface area contributed by atoms with Crippen LogP contribution >= 0.6 is 0 Å². The molecule has 0 aromatic heterocycles. The van der Waals surface area contributed by atoms with Gasteiger partial charge in [-0.05, 0) is 49.2 Å². The Hall–Kier alpha value is -2.72. The van der Waals surface area contributed by atoms with Crippen LogP contribution in [-0.2, 0) is 24.7 Å². The molecule has 0 aliphatic carbocycles. The molecule has 0 atom stereocenters. The Morgan fingerprint density at radius 3 is 2.33 bits per heavy atom. The third kappa shape index (κ3) is 3.97. The Labute approximate surface area is 175 Å². The number of anilines is 1. The van der Waals surface area contributed by atoms with Gasteiger partial charge in [0.1, 0.15) is 4.90 Å². The zero-order valence-corrected chi connectivity index (χ0v) is 17.9. The second kappa shape index (κ2) is 7.51. The number of sulfonamides is 1. The molecular formula is C20H21N3O5S2. The number of nitrogens with zero attached hydrogens (tertiary/aromatic N) is 2. The molecule has 0 bridgehead atoms. The number of amidine groups is 1. The lowest BCUT2D eigenvalue weighted by Crippen LogP contribution is -2.41. The maximum absolute atomic E-state index is 12.6. The quantitative estimate of drug-likeness (QED) is 0.769. The average molecular weight is 448 g/mol. The van der Waals surface area contributed by atoms with Crippen LogP contribution in [0.25, 0.3) is 0 Å². The van der Waals surface area contributed by atoms with E-state index in [2.05, 4.69) is 9.71 Å². The number of sulfone groups is 1. The number of piperidine rings is 1. The van der Waals surface area contributed by atoms with E-state index in [0.29, 0.717) is 43.0 Å². The van der Waals surface area contributed by atoms with Crippen molar-refractivity contribution in [3.8, 4) is 0 Å². The van der Waals surface area contributed by atoms with Crippen molar-refractivity contribution in [2.24, 2.45) is 10.3 Å². The molecule has 0 saturated carbocycles. The monoisotopic (exact) mass is 447 g/mol. The average Bonchev–Trinajstić information content (AvgIpc) is 2.99. The summed E-state index contributed by atoms with van der Waals surface area (Å²) in [5.41, 5.74) is 1.14. The van der Waals surface area contributed by atoms with Crippen molar-refractivity contribution in [1.29, 1.82) is 0 Å². The predicted molar refractivity (Wildman–Crippen MR) is 113 cm³/mol. The number of fused-ring (bicyclic) bond motifs is 1. The summed E-state index contributed by atoms with van der Waals surface area (Å²) in [4.78, 5) is 14.9. The molecule has 2 aromatic carbocycles. The third-order valence-corrected chi connectivity index (χ3v) is 7.78. The number of likely N-dealkylation sites (tertiary alicyclic amines) is 1. The van der Waals surface area contributed by atoms with Gasteiger partial charge in [0.25, 0.3) is 10.0 Å². The molecule has 2 aliphatic rings. The fourth-order valence-corrected chi connectivity index (χ4v) is 5.56. The standard InChI is InChI=1S/C20H21N3O5S2/c1-29(25,26)16-8-6-15(7-9-16)21-20(24)14-10-12-23(13-11-14)19-17-4-2-3-5-18(17)30(27,28)22-19/h2-9,14H,10-13H2,1H3,(H,21,24). The van der Waals surface area contributed by atoms with Crippen molar-refractivity contribution < 1.29 is 21.6 Å². The van der Waals surface area contributed by atoms with Crippen molar-refractivity contribution in [1.82, 2.24) is 4.90 Å². The van der Waals surface area contributed by atoms with Gasteiger partial charge < -0.3 is 10.2 Å². The summed E-state index contributed by atoms with van der Waals surface area (Å²) in [6.45, 7) is 1.04. The predicted octanol–water partition coefficient (Wildman–Crippen LogP) is 1.89. The number of hydrogen-bond acceptors (Lipinski definition) is 6. The highest BCUT2D eigenvalue weighted by Gasteiger charge is 2.34. The van der Waals surface area contributed by atoms with E-state index in [1.807, 2.05) is 4.90 Å². The topological polar surface area (TPSA) is 113 Å². The summed E-state index contributed by atoms with van der Waals surface area (Å²) in [6.07, 6.45) is 2.26. The number of amides is 1. The van der Waals surface area contributed by atoms with Crippen molar-refractivity contribution in [3.05, 3.63) is 54.1 Å². The molecule has 30 heavy (non-hydrogen) atoms. The van der Waals surface area contributed by atoms with E-state index in [4.69, 9.17) is 0 Å². The fourth-order valence-electron chi connectivity index (χ4n) is 3.70. The lowest BCUT2D eigenvalue weighted by molar-refractivity contribution is -0.120. The first-order valence-electron chi connectivity index (χ1n) is 9.45. The zero-order valence-electron chi connectivity index (χ0n) is 16.3. The van der Waals surface area contributed by atoms with E-state index >= 15 is 0 Å². The van der Waals surface area contributed by atoms with Crippen LogP contribution in [0.4, 0.5) is 5.69 Å². The first-order chi connectivity index (χ1) is 14.1. The van der Waals surface area contributed by atoms with Crippen LogP contribution in [0.5, 0.6) is 0 Å². The molecular weight excluding hydrogens is 426 g/mol. The molecule has 158 valence electrons. The Morgan fingerprint density at radius 1 is 1.07 bits per heavy atom. The number of nitrogens with one attached hydrogen (secondary N) is 1. The van der Waals surface area contributed by atoms with Gasteiger partial charge >= 0.3 is 0 Å². The molecule has 1 saturated heterocycles. The number of carbonyl (C=O) groups is 1. The highest BCUT2D eigenvalue weighted by atomic mass is 32.2. The first kappa shape index (κ1) is 20.5. The molecule has 10 heteroatoms. The van der Waals surface area contributed by atoms with Crippen LogP contribution in [-0.4, -0.2) is 52.8 Å². The van der Waals surface area contributed by atoms with Crippen molar-refractivity contribution >= 4 is 37.3 Å². The van der Waals surface area contributed by atoms with Gasteiger partial charge in [0.15, 0.2) is 15.7 Å². The molecule has 4 rings (SSSR count). The molecule has 1 fully saturated rings. The van der Waals surface area contributed by atoms with Crippen LogP contribution in [0, 0.1) is 5.92 Å². The second-order valence-corrected chi connectivity index (χ2v) is 11.0. The lowest BCUT2D eigenvalue weighted by Gasteiger charge is -2.32. The van der Waals surface area contributed by atoms with E-state index < -0.39 is 19.9 Å². The van der Waals surface area contributed by atoms with E-state index in [1.54, 1.807) is 36.4 Å². The number of benzene rings is 2. The van der Waals surface area contributed by atoms with Gasteiger partial charge in [-0.15, -0.1) is 4.40 Å².